The van der Waals surface area contributed by atoms with Crippen molar-refractivity contribution in [2.75, 3.05) is 59.4 Å². The monoisotopic (exact) mass is 628 g/mol. The summed E-state index contributed by atoms with van der Waals surface area (Å²) >= 11 is 0. The Labute approximate surface area is 266 Å². The molecule has 0 spiro atoms. The average Bonchev–Trinajstić information content (AvgIpc) is 3.29. The summed E-state index contributed by atoms with van der Waals surface area (Å²) in [6.07, 6.45) is -0.696. The van der Waals surface area contributed by atoms with Crippen molar-refractivity contribution in [1.29, 1.82) is 0 Å². The van der Waals surface area contributed by atoms with E-state index in [1.807, 2.05) is 57.2 Å². The number of fused-ring (bicyclic) bond motifs is 3. The Hall–Kier alpha value is -3.51. The Kier molecular flexibility index (Phi) is 13.8. The number of benzene rings is 2. The maximum absolute atomic E-state index is 13.0. The molecule has 1 atom stereocenters. The van der Waals surface area contributed by atoms with Crippen LogP contribution in [0.3, 0.4) is 0 Å². The molecule has 0 radical (unpaired) electrons. The largest absolute Gasteiger partial charge is 0.458 e. The lowest BCUT2D eigenvalue weighted by Crippen LogP contribution is -2.51. The van der Waals surface area contributed by atoms with E-state index in [0.717, 1.165) is 22.3 Å². The molecule has 0 heterocycles. The van der Waals surface area contributed by atoms with Crippen molar-refractivity contribution in [3.63, 3.8) is 0 Å². The predicted molar refractivity (Wildman–Crippen MR) is 169 cm³/mol. The van der Waals surface area contributed by atoms with Gasteiger partial charge < -0.3 is 39.1 Å². The predicted octanol–water partition coefficient (Wildman–Crippen LogP) is 4.22. The smallest absolute Gasteiger partial charge is 0.407 e. The van der Waals surface area contributed by atoms with Crippen LogP contribution in [0, 0.1) is 0 Å². The SMILES string of the molecule is CC(C)(C)OC[C@H](NC(=O)OCC1c2ccccc2-c2ccccc21)C(=O)NCCOCCOCCOCC(=O)OC(C)(C)C. The molecule has 1 aliphatic carbocycles. The molecule has 11 heteroatoms. The van der Waals surface area contributed by atoms with Gasteiger partial charge in [-0.25, -0.2) is 9.59 Å². The minimum Gasteiger partial charge on any atom is -0.458 e. The van der Waals surface area contributed by atoms with Crippen molar-refractivity contribution >= 4 is 18.0 Å². The van der Waals surface area contributed by atoms with Gasteiger partial charge in [-0.1, -0.05) is 48.5 Å². The molecule has 0 bridgehead atoms. The second-order valence-electron chi connectivity index (χ2n) is 12.6. The molecular formula is C34H48N2O9. The van der Waals surface area contributed by atoms with E-state index in [-0.39, 0.29) is 45.5 Å². The Morgan fingerprint density at radius 1 is 0.756 bits per heavy atom. The Balaban J connectivity index is 1.36. The number of alkyl carbamates (subject to hydrolysis) is 1. The van der Waals surface area contributed by atoms with Gasteiger partial charge in [0.2, 0.25) is 5.91 Å². The van der Waals surface area contributed by atoms with E-state index in [1.54, 1.807) is 20.8 Å². The molecule has 0 aliphatic heterocycles. The number of amides is 2. The van der Waals surface area contributed by atoms with Gasteiger partial charge in [-0.05, 0) is 63.8 Å². The van der Waals surface area contributed by atoms with Crippen molar-refractivity contribution in [1.82, 2.24) is 10.6 Å². The second-order valence-corrected chi connectivity index (χ2v) is 12.6. The van der Waals surface area contributed by atoms with Gasteiger partial charge in [-0.2, -0.15) is 0 Å². The van der Waals surface area contributed by atoms with Crippen LogP contribution in [0.25, 0.3) is 11.1 Å². The van der Waals surface area contributed by atoms with E-state index in [4.69, 9.17) is 28.4 Å². The van der Waals surface area contributed by atoms with Gasteiger partial charge in [0.1, 0.15) is 24.9 Å². The van der Waals surface area contributed by atoms with Crippen LogP contribution in [0.15, 0.2) is 48.5 Å². The number of hydrogen-bond donors (Lipinski definition) is 2. The van der Waals surface area contributed by atoms with Crippen LogP contribution < -0.4 is 10.6 Å². The topological polar surface area (TPSA) is 131 Å². The van der Waals surface area contributed by atoms with Gasteiger partial charge in [-0.15, -0.1) is 0 Å². The van der Waals surface area contributed by atoms with E-state index in [0.29, 0.717) is 19.8 Å². The highest BCUT2D eigenvalue weighted by atomic mass is 16.6. The first kappa shape index (κ1) is 36.0. The molecule has 1 aliphatic rings. The Morgan fingerprint density at radius 2 is 1.31 bits per heavy atom. The molecule has 0 saturated heterocycles. The summed E-state index contributed by atoms with van der Waals surface area (Å²) in [5.41, 5.74) is 3.42. The van der Waals surface area contributed by atoms with Gasteiger partial charge >= 0.3 is 12.1 Å². The normalized spacial score (nSPS) is 13.5. The summed E-state index contributed by atoms with van der Waals surface area (Å²) in [5, 5.41) is 5.44. The fraction of sp³-hybridized carbons (Fsp3) is 0.559. The van der Waals surface area contributed by atoms with E-state index in [1.165, 1.54) is 0 Å². The van der Waals surface area contributed by atoms with E-state index in [9.17, 15) is 14.4 Å². The third-order valence-corrected chi connectivity index (χ3v) is 6.56. The molecule has 45 heavy (non-hydrogen) atoms. The van der Waals surface area contributed by atoms with Gasteiger partial charge in [0.15, 0.2) is 0 Å². The summed E-state index contributed by atoms with van der Waals surface area (Å²) in [6, 6.07) is 15.2. The van der Waals surface area contributed by atoms with Crippen LogP contribution in [0.5, 0.6) is 0 Å². The fourth-order valence-electron chi connectivity index (χ4n) is 4.63. The molecule has 2 aromatic rings. The standard InChI is InChI=1S/C34H48N2O9/c1-33(2,3)44-22-29(31(38)35-15-16-40-17-18-41-19-20-42-23-30(37)45-34(4,5)6)36-32(39)43-21-28-26-13-9-7-11-24(26)25-12-8-10-14-27(25)28/h7-14,28-29H,15-23H2,1-6H3,(H,35,38)(H,36,39)/t29-/m0/s1. The number of hydrogen-bond acceptors (Lipinski definition) is 9. The highest BCUT2D eigenvalue weighted by Gasteiger charge is 2.30. The number of ether oxygens (including phenoxy) is 6. The molecule has 11 nitrogen and oxygen atoms in total. The summed E-state index contributed by atoms with van der Waals surface area (Å²) in [4.78, 5) is 37.4. The quantitative estimate of drug-likeness (QED) is 0.195. The maximum Gasteiger partial charge on any atom is 0.407 e. The summed E-state index contributed by atoms with van der Waals surface area (Å²) in [5.74, 6) is -0.921. The number of carbonyl (C=O) groups excluding carboxylic acids is 3. The molecule has 2 aromatic carbocycles. The molecule has 3 rings (SSSR count). The first-order chi connectivity index (χ1) is 21.3. The zero-order valence-electron chi connectivity index (χ0n) is 27.3. The lowest BCUT2D eigenvalue weighted by Gasteiger charge is -2.25. The van der Waals surface area contributed by atoms with Gasteiger partial charge in [-0.3, -0.25) is 4.79 Å². The van der Waals surface area contributed by atoms with Crippen LogP contribution in [0.4, 0.5) is 4.79 Å². The van der Waals surface area contributed by atoms with Crippen molar-refractivity contribution in [3.8, 4) is 11.1 Å². The number of nitrogens with one attached hydrogen (secondary N) is 2. The molecule has 248 valence electrons. The lowest BCUT2D eigenvalue weighted by molar-refractivity contribution is -0.160. The molecule has 2 N–H and O–H groups in total. The number of rotatable bonds is 17. The third kappa shape index (κ3) is 12.8. The minimum absolute atomic E-state index is 0.0236. The molecule has 0 saturated carbocycles. The second kappa shape index (κ2) is 17.3. The fourth-order valence-corrected chi connectivity index (χ4v) is 4.63. The van der Waals surface area contributed by atoms with Gasteiger partial charge in [0.05, 0.1) is 45.2 Å². The minimum atomic E-state index is -0.955. The highest BCUT2D eigenvalue weighted by molar-refractivity contribution is 5.86. The Bertz CT molecular complexity index is 1210. The first-order valence-corrected chi connectivity index (χ1v) is 15.3. The average molecular weight is 629 g/mol. The van der Waals surface area contributed by atoms with Gasteiger partial charge in [0.25, 0.3) is 0 Å². The molecule has 2 amide bonds. The third-order valence-electron chi connectivity index (χ3n) is 6.56. The summed E-state index contributed by atoms with van der Waals surface area (Å²) < 4.78 is 32.8. The summed E-state index contributed by atoms with van der Waals surface area (Å²) in [6.45, 7) is 12.7. The van der Waals surface area contributed by atoms with Crippen molar-refractivity contribution < 1.29 is 42.8 Å². The van der Waals surface area contributed by atoms with E-state index >= 15 is 0 Å². The molecular weight excluding hydrogens is 580 g/mol. The van der Waals surface area contributed by atoms with Crippen molar-refractivity contribution in [2.24, 2.45) is 0 Å². The Morgan fingerprint density at radius 3 is 1.89 bits per heavy atom. The summed E-state index contributed by atoms with van der Waals surface area (Å²) in [7, 11) is 0. The molecule has 0 fully saturated rings. The van der Waals surface area contributed by atoms with Crippen LogP contribution >= 0.6 is 0 Å². The van der Waals surface area contributed by atoms with Crippen LogP contribution in [0.1, 0.15) is 58.6 Å². The van der Waals surface area contributed by atoms with Crippen LogP contribution in [-0.4, -0.2) is 94.6 Å². The number of carbonyl (C=O) groups is 3. The molecule has 0 aromatic heterocycles. The lowest BCUT2D eigenvalue weighted by atomic mass is 9.98. The highest BCUT2D eigenvalue weighted by Crippen LogP contribution is 2.44. The zero-order valence-corrected chi connectivity index (χ0v) is 27.3. The van der Waals surface area contributed by atoms with E-state index < -0.39 is 35.2 Å². The first-order valence-electron chi connectivity index (χ1n) is 15.3. The van der Waals surface area contributed by atoms with E-state index in [2.05, 4.69) is 22.8 Å². The number of esters is 1. The van der Waals surface area contributed by atoms with Crippen LogP contribution in [0.2, 0.25) is 0 Å². The van der Waals surface area contributed by atoms with Gasteiger partial charge in [0, 0.05) is 12.5 Å². The molecule has 0 unspecified atom stereocenters. The van der Waals surface area contributed by atoms with Crippen molar-refractivity contribution in [2.45, 2.75) is 64.7 Å². The van der Waals surface area contributed by atoms with Crippen LogP contribution in [-0.2, 0) is 38.0 Å². The maximum atomic E-state index is 13.0. The van der Waals surface area contributed by atoms with Crippen molar-refractivity contribution in [3.05, 3.63) is 59.7 Å². The zero-order chi connectivity index (χ0) is 32.9.